The van der Waals surface area contributed by atoms with Crippen LogP contribution in [0.4, 0.5) is 23.1 Å². The maximum Gasteiger partial charge on any atom is 0.229 e. The molecule has 1 aromatic carbocycles. The predicted molar refractivity (Wildman–Crippen MR) is 107 cm³/mol. The van der Waals surface area contributed by atoms with Gasteiger partial charge in [-0.1, -0.05) is 0 Å². The van der Waals surface area contributed by atoms with Crippen molar-refractivity contribution in [3.8, 4) is 5.75 Å². The van der Waals surface area contributed by atoms with Crippen LogP contribution < -0.4 is 19.9 Å². The van der Waals surface area contributed by atoms with Gasteiger partial charge in [0.1, 0.15) is 17.7 Å². The lowest BCUT2D eigenvalue weighted by Crippen LogP contribution is -2.41. The van der Waals surface area contributed by atoms with Crippen molar-refractivity contribution in [1.29, 1.82) is 0 Å². The van der Waals surface area contributed by atoms with E-state index in [0.717, 1.165) is 30.6 Å². The molecule has 1 fully saturated rings. The molecule has 0 saturated heterocycles. The summed E-state index contributed by atoms with van der Waals surface area (Å²) in [7, 11) is 3.31. The molecular weight excluding hydrogens is 358 g/mol. The number of amides is 1. The van der Waals surface area contributed by atoms with Crippen LogP contribution in [0.1, 0.15) is 36.0 Å². The third-order valence-corrected chi connectivity index (χ3v) is 5.45. The normalized spacial score (nSPS) is 16.9. The van der Waals surface area contributed by atoms with Crippen molar-refractivity contribution in [2.45, 2.75) is 31.7 Å². The van der Waals surface area contributed by atoms with Gasteiger partial charge in [0.2, 0.25) is 11.9 Å². The van der Waals surface area contributed by atoms with Crippen molar-refractivity contribution < 1.29 is 14.3 Å². The van der Waals surface area contributed by atoms with Crippen molar-refractivity contribution in [2.24, 2.45) is 0 Å². The van der Waals surface area contributed by atoms with Crippen LogP contribution in [0.25, 0.3) is 0 Å². The Labute approximate surface area is 163 Å². The highest BCUT2D eigenvalue weighted by atomic mass is 16.5. The first-order valence-corrected chi connectivity index (χ1v) is 9.41. The molecule has 1 aliphatic heterocycles. The molecule has 1 aromatic heterocycles. The third kappa shape index (κ3) is 3.26. The summed E-state index contributed by atoms with van der Waals surface area (Å²) in [6.07, 6.45) is 6.36. The summed E-state index contributed by atoms with van der Waals surface area (Å²) in [6.45, 7) is 0.661. The molecule has 0 spiro atoms. The number of rotatable bonds is 5. The minimum absolute atomic E-state index is 0.0681. The fourth-order valence-electron chi connectivity index (χ4n) is 3.56. The fraction of sp³-hybridized carbons (Fsp3) is 0.400. The van der Waals surface area contributed by atoms with E-state index in [1.165, 1.54) is 6.42 Å². The molecule has 1 saturated carbocycles. The summed E-state index contributed by atoms with van der Waals surface area (Å²) < 4.78 is 5.37. The Hall–Kier alpha value is -3.16. The Balaban J connectivity index is 1.69. The molecule has 0 unspecified atom stereocenters. The largest absolute Gasteiger partial charge is 0.495 e. The molecule has 8 heteroatoms. The van der Waals surface area contributed by atoms with Gasteiger partial charge in [-0.3, -0.25) is 9.59 Å². The number of benzene rings is 1. The third-order valence-electron chi connectivity index (χ3n) is 5.45. The second-order valence-corrected chi connectivity index (χ2v) is 7.09. The zero-order valence-electron chi connectivity index (χ0n) is 16.0. The molecule has 0 atom stereocenters. The van der Waals surface area contributed by atoms with E-state index in [9.17, 15) is 9.59 Å². The predicted octanol–water partition coefficient (Wildman–Crippen LogP) is 2.77. The van der Waals surface area contributed by atoms with Gasteiger partial charge in [0.25, 0.3) is 0 Å². The molecule has 8 nitrogen and oxygen atoms in total. The molecule has 4 rings (SSSR count). The Morgan fingerprint density at radius 3 is 2.82 bits per heavy atom. The maximum absolute atomic E-state index is 12.4. The number of nitrogens with zero attached hydrogens (tertiary/aromatic N) is 4. The lowest BCUT2D eigenvalue weighted by molar-refractivity contribution is -0.118. The van der Waals surface area contributed by atoms with E-state index in [1.807, 2.05) is 0 Å². The number of ether oxygens (including phenoxy) is 1. The molecule has 2 aliphatic rings. The number of anilines is 4. The summed E-state index contributed by atoms with van der Waals surface area (Å²) in [5.41, 5.74) is 1.92. The van der Waals surface area contributed by atoms with Gasteiger partial charge in [-0.2, -0.15) is 4.98 Å². The van der Waals surface area contributed by atoms with E-state index >= 15 is 0 Å². The van der Waals surface area contributed by atoms with Crippen LogP contribution in [0.2, 0.25) is 0 Å². The highest BCUT2D eigenvalue weighted by Gasteiger charge is 2.32. The Morgan fingerprint density at radius 1 is 1.32 bits per heavy atom. The van der Waals surface area contributed by atoms with E-state index in [1.54, 1.807) is 43.5 Å². The summed E-state index contributed by atoms with van der Waals surface area (Å²) in [6, 6.07) is 5.54. The highest BCUT2D eigenvalue weighted by Crippen LogP contribution is 2.37. The molecule has 1 N–H and O–H groups in total. The minimum Gasteiger partial charge on any atom is -0.495 e. The molecule has 2 aromatic rings. The van der Waals surface area contributed by atoms with Crippen LogP contribution in [0.15, 0.2) is 24.4 Å². The molecule has 28 heavy (non-hydrogen) atoms. The summed E-state index contributed by atoms with van der Waals surface area (Å²) in [5, 5.41) is 3.17. The average Bonchev–Trinajstić information content (AvgIpc) is 2.79. The van der Waals surface area contributed by atoms with Gasteiger partial charge in [0, 0.05) is 31.6 Å². The number of aldehydes is 1. The maximum atomic E-state index is 12.4. The number of aromatic nitrogens is 2. The van der Waals surface area contributed by atoms with Crippen LogP contribution in [-0.2, 0) is 4.79 Å². The van der Waals surface area contributed by atoms with Gasteiger partial charge >= 0.3 is 0 Å². The number of fused-ring (bicyclic) bond motifs is 1. The van der Waals surface area contributed by atoms with E-state index in [2.05, 4.69) is 15.2 Å². The van der Waals surface area contributed by atoms with Crippen LogP contribution in [0, 0.1) is 0 Å². The quantitative estimate of drug-likeness (QED) is 0.797. The molecular formula is C20H23N5O3. The van der Waals surface area contributed by atoms with Crippen LogP contribution >= 0.6 is 0 Å². The zero-order valence-corrected chi connectivity index (χ0v) is 16.0. The highest BCUT2D eigenvalue weighted by molar-refractivity contribution is 5.97. The van der Waals surface area contributed by atoms with E-state index in [0.29, 0.717) is 42.0 Å². The molecule has 1 aliphatic carbocycles. The van der Waals surface area contributed by atoms with Crippen molar-refractivity contribution in [3.05, 3.63) is 30.0 Å². The van der Waals surface area contributed by atoms with Crippen LogP contribution in [0.3, 0.4) is 0 Å². The number of hydrogen-bond acceptors (Lipinski definition) is 7. The van der Waals surface area contributed by atoms with E-state index < -0.39 is 0 Å². The van der Waals surface area contributed by atoms with Gasteiger partial charge in [0.05, 0.1) is 19.0 Å². The van der Waals surface area contributed by atoms with E-state index in [4.69, 9.17) is 9.72 Å². The van der Waals surface area contributed by atoms with Gasteiger partial charge in [0.15, 0.2) is 5.82 Å². The molecule has 146 valence electrons. The first-order chi connectivity index (χ1) is 13.6. The Bertz CT molecular complexity index is 913. The SMILES string of the molecule is COc1cc(C=O)ccc1Nc1ncc2c(n1)N(C1CCC1)CCC(=O)N2C. The van der Waals surface area contributed by atoms with Crippen molar-refractivity contribution in [1.82, 2.24) is 9.97 Å². The molecule has 1 amide bonds. The first-order valence-electron chi connectivity index (χ1n) is 9.41. The number of carbonyl (C=O) groups excluding carboxylic acids is 2. The summed E-state index contributed by atoms with van der Waals surface area (Å²) in [4.78, 5) is 36.4. The van der Waals surface area contributed by atoms with Crippen molar-refractivity contribution in [2.75, 3.05) is 35.8 Å². The average molecular weight is 381 g/mol. The number of nitrogens with one attached hydrogen (secondary N) is 1. The van der Waals surface area contributed by atoms with Crippen LogP contribution in [0.5, 0.6) is 5.75 Å². The summed E-state index contributed by atoms with van der Waals surface area (Å²) >= 11 is 0. The molecule has 2 heterocycles. The van der Waals surface area contributed by atoms with Crippen molar-refractivity contribution in [3.63, 3.8) is 0 Å². The second kappa shape index (κ2) is 7.46. The lowest BCUT2D eigenvalue weighted by Gasteiger charge is -2.38. The Kier molecular flexibility index (Phi) is 4.85. The molecule has 0 radical (unpaired) electrons. The van der Waals surface area contributed by atoms with Gasteiger partial charge in [-0.25, -0.2) is 4.98 Å². The second-order valence-electron chi connectivity index (χ2n) is 7.09. The van der Waals surface area contributed by atoms with Crippen molar-refractivity contribution >= 4 is 35.3 Å². The number of carbonyl (C=O) groups is 2. The monoisotopic (exact) mass is 381 g/mol. The topological polar surface area (TPSA) is 87.7 Å². The Morgan fingerprint density at radius 2 is 2.14 bits per heavy atom. The number of methoxy groups -OCH3 is 1. The smallest absolute Gasteiger partial charge is 0.229 e. The minimum atomic E-state index is 0.0681. The number of hydrogen-bond donors (Lipinski definition) is 1. The van der Waals surface area contributed by atoms with Crippen LogP contribution in [-0.4, -0.2) is 48.9 Å². The summed E-state index contributed by atoms with van der Waals surface area (Å²) in [5.74, 6) is 1.80. The van der Waals surface area contributed by atoms with Gasteiger partial charge in [-0.05, 0) is 37.5 Å². The molecule has 0 bridgehead atoms. The first kappa shape index (κ1) is 18.2. The van der Waals surface area contributed by atoms with E-state index in [-0.39, 0.29) is 5.91 Å². The fourth-order valence-corrected chi connectivity index (χ4v) is 3.56. The standard InChI is InChI=1S/C20H23N5O3/c1-24-16-11-21-20(22-15-7-6-13(12-26)10-17(15)28-2)23-19(16)25(9-8-18(24)27)14-4-3-5-14/h6-7,10-12,14H,3-5,8-9H2,1-2H3,(H,21,22,23). The zero-order chi connectivity index (χ0) is 19.7. The van der Waals surface area contributed by atoms with Gasteiger partial charge < -0.3 is 19.9 Å². The van der Waals surface area contributed by atoms with Gasteiger partial charge in [-0.15, -0.1) is 0 Å². The lowest BCUT2D eigenvalue weighted by atomic mass is 9.91.